The van der Waals surface area contributed by atoms with Gasteiger partial charge in [0.25, 0.3) is 0 Å². The fourth-order valence-corrected chi connectivity index (χ4v) is 4.26. The number of rotatable bonds is 6. The molecule has 0 spiro atoms. The van der Waals surface area contributed by atoms with E-state index in [1.165, 1.54) is 11.1 Å². The van der Waals surface area contributed by atoms with Crippen LogP contribution >= 0.6 is 0 Å². The van der Waals surface area contributed by atoms with Gasteiger partial charge in [0.1, 0.15) is 0 Å². The largest absolute Gasteiger partial charge is 0.385 e. The van der Waals surface area contributed by atoms with Crippen molar-refractivity contribution in [2.75, 3.05) is 18.9 Å². The van der Waals surface area contributed by atoms with Crippen molar-refractivity contribution in [3.05, 3.63) is 95.9 Å². The van der Waals surface area contributed by atoms with Crippen LogP contribution in [0.25, 0.3) is 16.9 Å². The Balaban J connectivity index is 1.30. The van der Waals surface area contributed by atoms with E-state index in [4.69, 9.17) is 5.10 Å². The van der Waals surface area contributed by atoms with Gasteiger partial charge in [0.15, 0.2) is 0 Å². The first-order valence-corrected chi connectivity index (χ1v) is 10.6. The Kier molecular flexibility index (Phi) is 5.31. The minimum absolute atomic E-state index is 0.651. The number of aliphatic imine (C=N–C) groups is 1. The molecule has 0 aliphatic heterocycles. The van der Waals surface area contributed by atoms with Crippen LogP contribution in [0.5, 0.6) is 0 Å². The first kappa shape index (κ1) is 19.2. The maximum absolute atomic E-state index is 4.80. The summed E-state index contributed by atoms with van der Waals surface area (Å²) in [6.45, 7) is 0.981. The van der Waals surface area contributed by atoms with E-state index < -0.39 is 0 Å². The molecule has 0 saturated carbocycles. The lowest BCUT2D eigenvalue weighted by Crippen LogP contribution is -2.14. The van der Waals surface area contributed by atoms with E-state index in [0.717, 1.165) is 47.7 Å². The van der Waals surface area contributed by atoms with Crippen LogP contribution in [0, 0.1) is 5.92 Å². The summed E-state index contributed by atoms with van der Waals surface area (Å²) in [6, 6.07) is 23.2. The summed E-state index contributed by atoms with van der Waals surface area (Å²) in [5.74, 6) is 0.651. The van der Waals surface area contributed by atoms with E-state index in [-0.39, 0.29) is 0 Å². The Morgan fingerprint density at radius 1 is 1.03 bits per heavy atom. The number of fused-ring (bicyclic) bond motifs is 1. The summed E-state index contributed by atoms with van der Waals surface area (Å²) in [5, 5.41) is 8.40. The maximum Gasteiger partial charge on any atom is 0.0950 e. The lowest BCUT2D eigenvalue weighted by molar-refractivity contribution is 0.593. The molecule has 154 valence electrons. The first-order valence-electron chi connectivity index (χ1n) is 10.6. The second-order valence-electron chi connectivity index (χ2n) is 7.97. The molecule has 2 aromatic heterocycles. The normalized spacial score (nSPS) is 13.6. The van der Waals surface area contributed by atoms with Gasteiger partial charge in [-0.15, -0.1) is 0 Å². The third kappa shape index (κ3) is 4.12. The fraction of sp³-hybridized carbons (Fsp3) is 0.192. The molecule has 1 aliphatic rings. The zero-order valence-corrected chi connectivity index (χ0v) is 17.6. The lowest BCUT2D eigenvalue weighted by atomic mass is 10.1. The Bertz CT molecular complexity index is 1170. The Hall–Kier alpha value is -3.73. The van der Waals surface area contributed by atoms with Crippen molar-refractivity contribution in [1.82, 2.24) is 14.8 Å². The summed E-state index contributed by atoms with van der Waals surface area (Å²) in [5.41, 5.74) is 7.93. The van der Waals surface area contributed by atoms with Gasteiger partial charge in [-0.2, -0.15) is 5.10 Å². The molecule has 1 N–H and O–H groups in total. The second-order valence-corrected chi connectivity index (χ2v) is 7.97. The highest BCUT2D eigenvalue weighted by Crippen LogP contribution is 2.27. The molecular formula is C26H25N5. The summed E-state index contributed by atoms with van der Waals surface area (Å²) in [6.07, 6.45) is 7.74. The minimum atomic E-state index is 0.651. The molecule has 0 fully saturated rings. The van der Waals surface area contributed by atoms with Gasteiger partial charge in [-0.1, -0.05) is 24.3 Å². The number of hydrogen-bond acceptors (Lipinski definition) is 4. The molecule has 0 radical (unpaired) electrons. The van der Waals surface area contributed by atoms with Gasteiger partial charge < -0.3 is 5.32 Å². The topological polar surface area (TPSA) is 55.1 Å². The van der Waals surface area contributed by atoms with Crippen LogP contribution in [0.4, 0.5) is 5.69 Å². The monoisotopic (exact) mass is 407 g/mol. The van der Waals surface area contributed by atoms with E-state index in [9.17, 15) is 0 Å². The zero-order valence-electron chi connectivity index (χ0n) is 17.6. The molecule has 0 saturated heterocycles. The van der Waals surface area contributed by atoms with Crippen LogP contribution < -0.4 is 5.32 Å². The van der Waals surface area contributed by atoms with Crippen molar-refractivity contribution >= 4 is 11.9 Å². The van der Waals surface area contributed by atoms with Crippen molar-refractivity contribution in [3.63, 3.8) is 0 Å². The highest BCUT2D eigenvalue weighted by molar-refractivity contribution is 5.81. The Morgan fingerprint density at radius 3 is 2.48 bits per heavy atom. The highest BCUT2D eigenvalue weighted by Gasteiger charge is 2.20. The molecule has 0 unspecified atom stereocenters. The average Bonchev–Trinajstić information content (AvgIpc) is 3.43. The highest BCUT2D eigenvalue weighted by atomic mass is 15.3. The van der Waals surface area contributed by atoms with Gasteiger partial charge >= 0.3 is 0 Å². The van der Waals surface area contributed by atoms with Gasteiger partial charge in [-0.05, 0) is 72.4 Å². The quantitative estimate of drug-likeness (QED) is 0.467. The van der Waals surface area contributed by atoms with E-state index in [1.807, 2.05) is 35.3 Å². The van der Waals surface area contributed by atoms with Crippen LogP contribution in [0.15, 0.2) is 84.1 Å². The average molecular weight is 408 g/mol. The first-order chi connectivity index (χ1) is 15.3. The number of nitrogens with zero attached hydrogens (tertiary/aromatic N) is 4. The van der Waals surface area contributed by atoms with Crippen LogP contribution in [-0.4, -0.2) is 34.6 Å². The summed E-state index contributed by atoms with van der Waals surface area (Å²) >= 11 is 0. The van der Waals surface area contributed by atoms with Crippen LogP contribution in [0.2, 0.25) is 0 Å². The second kappa shape index (κ2) is 8.56. The number of benzene rings is 2. The molecule has 0 amide bonds. The van der Waals surface area contributed by atoms with Crippen LogP contribution in [-0.2, 0) is 12.8 Å². The van der Waals surface area contributed by atoms with Gasteiger partial charge in [-0.3, -0.25) is 9.98 Å². The van der Waals surface area contributed by atoms with Crippen LogP contribution in [0.3, 0.4) is 0 Å². The molecule has 1 aliphatic carbocycles. The molecular weight excluding hydrogens is 382 g/mol. The number of aromatic nitrogens is 3. The standard InChI is InChI=1S/C26H25N5/c1-27-18-25-15-26(22-7-4-12-28-17-22)30-31(25)24-10-8-23(9-11-24)29-16-19-13-20-5-2-3-6-21(20)14-19/h2-12,15,17-19,29H,13-14,16H2,1H3. The van der Waals surface area contributed by atoms with Crippen molar-refractivity contribution in [2.24, 2.45) is 10.9 Å². The van der Waals surface area contributed by atoms with Crippen LogP contribution in [0.1, 0.15) is 16.8 Å². The molecule has 5 nitrogen and oxygen atoms in total. The molecule has 2 aromatic carbocycles. The number of anilines is 1. The van der Waals surface area contributed by atoms with Gasteiger partial charge in [-0.25, -0.2) is 4.68 Å². The smallest absolute Gasteiger partial charge is 0.0950 e. The van der Waals surface area contributed by atoms with Crippen molar-refractivity contribution in [1.29, 1.82) is 0 Å². The van der Waals surface area contributed by atoms with E-state index in [1.54, 1.807) is 13.2 Å². The number of pyridine rings is 1. The van der Waals surface area contributed by atoms with E-state index in [2.05, 4.69) is 63.8 Å². The molecule has 0 bridgehead atoms. The maximum atomic E-state index is 4.80. The van der Waals surface area contributed by atoms with Crippen molar-refractivity contribution in [2.45, 2.75) is 12.8 Å². The molecule has 4 aromatic rings. The fourth-order valence-electron chi connectivity index (χ4n) is 4.26. The lowest BCUT2D eigenvalue weighted by Gasteiger charge is -2.13. The Morgan fingerprint density at radius 2 is 1.81 bits per heavy atom. The molecule has 2 heterocycles. The molecule has 5 heteroatoms. The van der Waals surface area contributed by atoms with E-state index in [0.29, 0.717) is 5.92 Å². The molecule has 31 heavy (non-hydrogen) atoms. The SMILES string of the molecule is CN=Cc1cc(-c2cccnc2)nn1-c1ccc(NCC2Cc3ccccc3C2)cc1. The van der Waals surface area contributed by atoms with Gasteiger partial charge in [0, 0.05) is 43.5 Å². The Labute approximate surface area is 182 Å². The summed E-state index contributed by atoms with van der Waals surface area (Å²) in [7, 11) is 1.77. The zero-order chi connectivity index (χ0) is 21.0. The summed E-state index contributed by atoms with van der Waals surface area (Å²) < 4.78 is 1.92. The van der Waals surface area contributed by atoms with Crippen molar-refractivity contribution < 1.29 is 0 Å². The predicted octanol–water partition coefficient (Wildman–Crippen LogP) is 4.81. The van der Waals surface area contributed by atoms with Gasteiger partial charge in [0.2, 0.25) is 0 Å². The molecule has 5 rings (SSSR count). The minimum Gasteiger partial charge on any atom is -0.385 e. The number of nitrogens with one attached hydrogen (secondary N) is 1. The number of hydrogen-bond donors (Lipinski definition) is 1. The molecule has 0 atom stereocenters. The van der Waals surface area contributed by atoms with E-state index >= 15 is 0 Å². The summed E-state index contributed by atoms with van der Waals surface area (Å²) in [4.78, 5) is 8.40. The predicted molar refractivity (Wildman–Crippen MR) is 126 cm³/mol. The van der Waals surface area contributed by atoms with Crippen molar-refractivity contribution in [3.8, 4) is 16.9 Å². The third-order valence-corrected chi connectivity index (χ3v) is 5.80. The van der Waals surface area contributed by atoms with Gasteiger partial charge in [0.05, 0.1) is 17.1 Å². The third-order valence-electron chi connectivity index (χ3n) is 5.80.